The molecule has 9 heteroatoms. The van der Waals surface area contributed by atoms with E-state index in [4.69, 9.17) is 0 Å². The second-order valence-electron chi connectivity index (χ2n) is 7.03. The molecule has 2 heterocycles. The van der Waals surface area contributed by atoms with Crippen LogP contribution < -0.4 is 5.32 Å². The highest BCUT2D eigenvalue weighted by atomic mass is 32.2. The number of carbonyl (C=O) groups excluding carboxylic acids is 1. The molecule has 0 unspecified atom stereocenters. The largest absolute Gasteiger partial charge is 0.372 e. The number of nitrogens with zero attached hydrogens (tertiary/aromatic N) is 3. The average Bonchev–Trinajstić information content (AvgIpc) is 3.04. The van der Waals surface area contributed by atoms with Crippen molar-refractivity contribution in [2.24, 2.45) is 0 Å². The lowest BCUT2D eigenvalue weighted by Gasteiger charge is -2.33. The molecule has 152 valence electrons. The van der Waals surface area contributed by atoms with Gasteiger partial charge in [0.25, 0.3) is 0 Å². The highest BCUT2D eigenvalue weighted by Crippen LogP contribution is 2.26. The molecule has 0 bridgehead atoms. The first-order valence-electron chi connectivity index (χ1n) is 9.43. The number of hydrogen-bond acceptors (Lipinski definition) is 7. The Morgan fingerprint density at radius 1 is 1.36 bits per heavy atom. The first-order valence-corrected chi connectivity index (χ1v) is 12.2. The summed E-state index contributed by atoms with van der Waals surface area (Å²) in [6.45, 7) is 3.98. The number of para-hydroxylation sites is 1. The fourth-order valence-corrected chi connectivity index (χ4v) is 5.94. The second-order valence-corrected chi connectivity index (χ2v) is 10.2. The summed E-state index contributed by atoms with van der Waals surface area (Å²) in [6.07, 6.45) is 1.29. The minimum Gasteiger partial charge on any atom is -0.372 e. The van der Waals surface area contributed by atoms with E-state index in [1.165, 1.54) is 11.8 Å². The van der Waals surface area contributed by atoms with Crippen LogP contribution in [0.1, 0.15) is 26.7 Å². The number of rotatable bonds is 7. The molecule has 1 aromatic carbocycles. The number of anilines is 1. The first kappa shape index (κ1) is 20.9. The van der Waals surface area contributed by atoms with E-state index in [-0.39, 0.29) is 35.2 Å². The molecular formula is C19H26N4O3S2. The molecule has 7 nitrogen and oxygen atoms in total. The Hall–Kier alpha value is -1.87. The lowest BCUT2D eigenvalue weighted by molar-refractivity contribution is -0.132. The SMILES string of the molecule is CC[C@H](C)N(C(=O)CSc1nc(NC)c2ccccc2n1)[C@H]1CCS(=O)(=O)C1. The van der Waals surface area contributed by atoms with Gasteiger partial charge in [0, 0.05) is 24.5 Å². The highest BCUT2D eigenvalue weighted by molar-refractivity contribution is 7.99. The van der Waals surface area contributed by atoms with Crippen molar-refractivity contribution in [3.63, 3.8) is 0 Å². The summed E-state index contributed by atoms with van der Waals surface area (Å²) in [4.78, 5) is 23.8. The van der Waals surface area contributed by atoms with Gasteiger partial charge in [0.1, 0.15) is 5.82 Å². The zero-order chi connectivity index (χ0) is 20.3. The molecule has 1 aliphatic heterocycles. The summed E-state index contributed by atoms with van der Waals surface area (Å²) in [5.74, 6) is 1.06. The third kappa shape index (κ3) is 4.57. The molecule has 0 spiro atoms. The molecule has 1 fully saturated rings. The Bertz CT molecular complexity index is 965. The second kappa shape index (κ2) is 8.65. The molecule has 0 aliphatic carbocycles. The van der Waals surface area contributed by atoms with Gasteiger partial charge in [-0.25, -0.2) is 18.4 Å². The third-order valence-electron chi connectivity index (χ3n) is 5.10. The molecular weight excluding hydrogens is 396 g/mol. The Labute approximate surface area is 170 Å². The van der Waals surface area contributed by atoms with E-state index in [9.17, 15) is 13.2 Å². The Morgan fingerprint density at radius 2 is 2.11 bits per heavy atom. The molecule has 1 amide bonds. The van der Waals surface area contributed by atoms with E-state index in [2.05, 4.69) is 15.3 Å². The summed E-state index contributed by atoms with van der Waals surface area (Å²) in [5, 5.41) is 4.53. The number of amides is 1. The van der Waals surface area contributed by atoms with E-state index >= 15 is 0 Å². The Kier molecular flexibility index (Phi) is 6.44. The number of nitrogens with one attached hydrogen (secondary N) is 1. The van der Waals surface area contributed by atoms with Crippen LogP contribution in [0.3, 0.4) is 0 Å². The summed E-state index contributed by atoms with van der Waals surface area (Å²) in [7, 11) is -1.24. The van der Waals surface area contributed by atoms with Crippen LogP contribution in [-0.2, 0) is 14.6 Å². The molecule has 2 atom stereocenters. The van der Waals surface area contributed by atoms with Crippen molar-refractivity contribution < 1.29 is 13.2 Å². The summed E-state index contributed by atoms with van der Waals surface area (Å²) in [6, 6.07) is 7.47. The standard InChI is InChI=1S/C19H26N4O3S2/c1-4-13(2)23(14-9-10-28(25,26)12-14)17(24)11-27-19-21-16-8-6-5-7-15(16)18(20-3)22-19/h5-8,13-14H,4,9-12H2,1-3H3,(H,20,21,22)/t13-,14-/m0/s1. The van der Waals surface area contributed by atoms with Crippen LogP contribution in [0.25, 0.3) is 10.9 Å². The predicted molar refractivity (Wildman–Crippen MR) is 113 cm³/mol. The van der Waals surface area contributed by atoms with Gasteiger partial charge in [-0.2, -0.15) is 0 Å². The van der Waals surface area contributed by atoms with Crippen LogP contribution in [0, 0.1) is 0 Å². The van der Waals surface area contributed by atoms with Crippen LogP contribution in [0.15, 0.2) is 29.4 Å². The molecule has 1 saturated heterocycles. The fourth-order valence-electron chi connectivity index (χ4n) is 3.51. The molecule has 2 aromatic rings. The van der Waals surface area contributed by atoms with Crippen molar-refractivity contribution in [1.29, 1.82) is 0 Å². The topological polar surface area (TPSA) is 92.3 Å². The third-order valence-corrected chi connectivity index (χ3v) is 7.68. The predicted octanol–water partition coefficient (Wildman–Crippen LogP) is 2.58. The van der Waals surface area contributed by atoms with Crippen LogP contribution in [0.2, 0.25) is 0 Å². The minimum absolute atomic E-state index is 0.00297. The molecule has 28 heavy (non-hydrogen) atoms. The van der Waals surface area contributed by atoms with Crippen LogP contribution in [0.5, 0.6) is 0 Å². The maximum absolute atomic E-state index is 13.0. The first-order chi connectivity index (χ1) is 13.3. The van der Waals surface area contributed by atoms with Crippen LogP contribution in [-0.4, -0.2) is 65.6 Å². The van der Waals surface area contributed by atoms with Crippen LogP contribution in [0.4, 0.5) is 5.82 Å². The quantitative estimate of drug-likeness (QED) is 0.541. The van der Waals surface area contributed by atoms with Gasteiger partial charge in [0.15, 0.2) is 15.0 Å². The molecule has 3 rings (SSSR count). The maximum Gasteiger partial charge on any atom is 0.233 e. The Morgan fingerprint density at radius 3 is 2.75 bits per heavy atom. The number of aromatic nitrogens is 2. The van der Waals surface area contributed by atoms with E-state index in [1.54, 1.807) is 11.9 Å². The van der Waals surface area contributed by atoms with Gasteiger partial charge in [-0.05, 0) is 31.9 Å². The van der Waals surface area contributed by atoms with Crippen molar-refractivity contribution in [2.45, 2.75) is 43.9 Å². The molecule has 1 N–H and O–H groups in total. The van der Waals surface area contributed by atoms with Crippen molar-refractivity contribution in [2.75, 3.05) is 29.6 Å². The fraction of sp³-hybridized carbons (Fsp3) is 0.526. The number of hydrogen-bond donors (Lipinski definition) is 1. The van der Waals surface area contributed by atoms with Crippen molar-refractivity contribution in [1.82, 2.24) is 14.9 Å². The lowest BCUT2D eigenvalue weighted by atomic mass is 10.1. The van der Waals surface area contributed by atoms with Gasteiger partial charge >= 0.3 is 0 Å². The molecule has 1 aliphatic rings. The van der Waals surface area contributed by atoms with E-state index in [1.807, 2.05) is 38.1 Å². The van der Waals surface area contributed by atoms with Gasteiger partial charge in [0.05, 0.1) is 22.8 Å². The monoisotopic (exact) mass is 422 g/mol. The minimum atomic E-state index is -3.05. The normalized spacial score (nSPS) is 19.5. The Balaban J connectivity index is 1.76. The van der Waals surface area contributed by atoms with Crippen molar-refractivity contribution >= 4 is 44.2 Å². The lowest BCUT2D eigenvalue weighted by Crippen LogP contribution is -2.47. The smallest absolute Gasteiger partial charge is 0.233 e. The summed E-state index contributed by atoms with van der Waals surface area (Å²) in [5.41, 5.74) is 0.817. The zero-order valence-electron chi connectivity index (χ0n) is 16.4. The number of benzene rings is 1. The van der Waals surface area contributed by atoms with Gasteiger partial charge in [-0.1, -0.05) is 30.8 Å². The van der Waals surface area contributed by atoms with E-state index in [0.29, 0.717) is 11.6 Å². The summed E-state index contributed by atoms with van der Waals surface area (Å²) < 4.78 is 23.8. The van der Waals surface area contributed by atoms with Crippen molar-refractivity contribution in [3.05, 3.63) is 24.3 Å². The van der Waals surface area contributed by atoms with Gasteiger partial charge < -0.3 is 10.2 Å². The average molecular weight is 423 g/mol. The van der Waals surface area contributed by atoms with E-state index < -0.39 is 9.84 Å². The van der Waals surface area contributed by atoms with E-state index in [0.717, 1.165) is 23.1 Å². The summed E-state index contributed by atoms with van der Waals surface area (Å²) >= 11 is 1.28. The highest BCUT2D eigenvalue weighted by Gasteiger charge is 2.36. The maximum atomic E-state index is 13.0. The molecule has 0 radical (unpaired) electrons. The number of fused-ring (bicyclic) bond motifs is 1. The van der Waals surface area contributed by atoms with Crippen LogP contribution >= 0.6 is 11.8 Å². The van der Waals surface area contributed by atoms with Gasteiger partial charge in [-0.3, -0.25) is 4.79 Å². The van der Waals surface area contributed by atoms with Crippen molar-refractivity contribution in [3.8, 4) is 0 Å². The number of sulfone groups is 1. The van der Waals surface area contributed by atoms with Gasteiger partial charge in [0.2, 0.25) is 5.91 Å². The van der Waals surface area contributed by atoms with Gasteiger partial charge in [-0.15, -0.1) is 0 Å². The number of carbonyl (C=O) groups is 1. The molecule has 0 saturated carbocycles. The zero-order valence-corrected chi connectivity index (χ0v) is 18.0. The molecule has 1 aromatic heterocycles. The number of thioether (sulfide) groups is 1.